The Kier molecular flexibility index (Phi) is 4.34. The smallest absolute Gasteiger partial charge is 0.145 e. The zero-order valence-corrected chi connectivity index (χ0v) is 12.5. The number of hydrogen-bond acceptors (Lipinski definition) is 5. The zero-order chi connectivity index (χ0) is 13.8. The SMILES string of the molecule is CCc1nc(NN)cc(Nc2ccc(C)c(Br)c2)n1. The van der Waals surface area contributed by atoms with Crippen LogP contribution >= 0.6 is 15.9 Å². The Labute approximate surface area is 120 Å². The van der Waals surface area contributed by atoms with Crippen molar-refractivity contribution in [3.05, 3.63) is 40.1 Å². The summed E-state index contributed by atoms with van der Waals surface area (Å²) in [5.41, 5.74) is 4.69. The number of hydrogen-bond donors (Lipinski definition) is 3. The Hall–Kier alpha value is -1.66. The number of aromatic nitrogens is 2. The van der Waals surface area contributed by atoms with E-state index in [4.69, 9.17) is 5.84 Å². The summed E-state index contributed by atoms with van der Waals surface area (Å²) < 4.78 is 1.06. The highest BCUT2D eigenvalue weighted by Gasteiger charge is 2.04. The van der Waals surface area contributed by atoms with E-state index >= 15 is 0 Å². The lowest BCUT2D eigenvalue weighted by Crippen LogP contribution is -2.11. The van der Waals surface area contributed by atoms with Crippen LogP contribution in [0.4, 0.5) is 17.3 Å². The van der Waals surface area contributed by atoms with Crippen molar-refractivity contribution in [3.63, 3.8) is 0 Å². The molecule has 1 aromatic heterocycles. The molecule has 1 aromatic carbocycles. The molecule has 0 unspecified atom stereocenters. The Balaban J connectivity index is 2.29. The van der Waals surface area contributed by atoms with Gasteiger partial charge in [-0.15, -0.1) is 0 Å². The van der Waals surface area contributed by atoms with Crippen molar-refractivity contribution in [3.8, 4) is 0 Å². The summed E-state index contributed by atoms with van der Waals surface area (Å²) in [5, 5.41) is 3.24. The zero-order valence-electron chi connectivity index (χ0n) is 10.9. The lowest BCUT2D eigenvalue weighted by molar-refractivity contribution is 0.941. The van der Waals surface area contributed by atoms with Gasteiger partial charge in [0, 0.05) is 22.6 Å². The van der Waals surface area contributed by atoms with Crippen molar-refractivity contribution in [2.75, 3.05) is 10.7 Å². The molecule has 4 N–H and O–H groups in total. The maximum atomic E-state index is 5.40. The highest BCUT2D eigenvalue weighted by Crippen LogP contribution is 2.23. The molecule has 5 nitrogen and oxygen atoms in total. The summed E-state index contributed by atoms with van der Waals surface area (Å²) in [7, 11) is 0. The molecule has 0 saturated carbocycles. The molecule has 0 saturated heterocycles. The Morgan fingerprint density at radius 3 is 2.58 bits per heavy atom. The molecule has 2 aromatic rings. The molecule has 0 spiro atoms. The van der Waals surface area contributed by atoms with Crippen LogP contribution < -0.4 is 16.6 Å². The minimum absolute atomic E-state index is 0.598. The molecule has 0 amide bonds. The fourth-order valence-corrected chi connectivity index (χ4v) is 1.99. The average molecular weight is 322 g/mol. The van der Waals surface area contributed by atoms with E-state index in [1.54, 1.807) is 6.07 Å². The summed E-state index contributed by atoms with van der Waals surface area (Å²) >= 11 is 3.51. The van der Waals surface area contributed by atoms with Crippen molar-refractivity contribution in [2.24, 2.45) is 5.84 Å². The number of halogens is 1. The van der Waals surface area contributed by atoms with Crippen molar-refractivity contribution in [1.82, 2.24) is 9.97 Å². The largest absolute Gasteiger partial charge is 0.340 e. The molecular weight excluding hydrogens is 306 g/mol. The highest BCUT2D eigenvalue weighted by atomic mass is 79.9. The molecule has 19 heavy (non-hydrogen) atoms. The third kappa shape index (κ3) is 3.42. The maximum absolute atomic E-state index is 5.40. The molecule has 6 heteroatoms. The van der Waals surface area contributed by atoms with Gasteiger partial charge in [0.2, 0.25) is 0 Å². The van der Waals surface area contributed by atoms with E-state index in [-0.39, 0.29) is 0 Å². The first-order chi connectivity index (χ1) is 9.12. The molecule has 0 atom stereocenters. The van der Waals surface area contributed by atoms with E-state index in [1.807, 2.05) is 32.0 Å². The molecule has 0 aliphatic carbocycles. The van der Waals surface area contributed by atoms with Crippen LogP contribution in [0.25, 0.3) is 0 Å². The van der Waals surface area contributed by atoms with Crippen LogP contribution in [0.2, 0.25) is 0 Å². The van der Waals surface area contributed by atoms with Gasteiger partial charge in [0.25, 0.3) is 0 Å². The fourth-order valence-electron chi connectivity index (χ4n) is 1.61. The van der Waals surface area contributed by atoms with Gasteiger partial charge in [0.05, 0.1) is 0 Å². The number of anilines is 3. The Morgan fingerprint density at radius 2 is 1.95 bits per heavy atom. The van der Waals surface area contributed by atoms with Crippen LogP contribution in [-0.2, 0) is 6.42 Å². The van der Waals surface area contributed by atoms with E-state index in [9.17, 15) is 0 Å². The van der Waals surface area contributed by atoms with Gasteiger partial charge in [0.1, 0.15) is 17.5 Å². The summed E-state index contributed by atoms with van der Waals surface area (Å²) in [6, 6.07) is 7.82. The standard InChI is InChI=1S/C13H16BrN5/c1-3-11-17-12(7-13(18-11)19-15)16-9-5-4-8(2)10(14)6-9/h4-7H,3,15H2,1-2H3,(H2,16,17,18,19). The van der Waals surface area contributed by atoms with Crippen LogP contribution in [0.3, 0.4) is 0 Å². The summed E-state index contributed by atoms with van der Waals surface area (Å²) in [6.45, 7) is 4.05. The topological polar surface area (TPSA) is 75.9 Å². The van der Waals surface area contributed by atoms with Gasteiger partial charge in [-0.05, 0) is 24.6 Å². The Morgan fingerprint density at radius 1 is 1.21 bits per heavy atom. The molecule has 2 rings (SSSR count). The first-order valence-corrected chi connectivity index (χ1v) is 6.79. The number of hydrazine groups is 1. The van der Waals surface area contributed by atoms with Crippen molar-refractivity contribution < 1.29 is 0 Å². The number of nitrogens with two attached hydrogens (primary N) is 1. The number of benzene rings is 1. The minimum atomic E-state index is 0.598. The maximum Gasteiger partial charge on any atom is 0.145 e. The Bertz CT molecular complexity index is 563. The molecule has 100 valence electrons. The fraction of sp³-hybridized carbons (Fsp3) is 0.231. The second-order valence-corrected chi connectivity index (χ2v) is 5.00. The number of nitrogen functional groups attached to an aromatic ring is 1. The van der Waals surface area contributed by atoms with E-state index in [1.165, 1.54) is 5.56 Å². The molecule has 0 radical (unpaired) electrons. The molecule has 0 fully saturated rings. The van der Waals surface area contributed by atoms with Gasteiger partial charge >= 0.3 is 0 Å². The third-order valence-corrected chi connectivity index (χ3v) is 3.54. The lowest BCUT2D eigenvalue weighted by atomic mass is 10.2. The normalized spacial score (nSPS) is 10.3. The average Bonchev–Trinajstić information content (AvgIpc) is 2.42. The first-order valence-electron chi connectivity index (χ1n) is 6.00. The van der Waals surface area contributed by atoms with Crippen LogP contribution in [0.15, 0.2) is 28.7 Å². The second-order valence-electron chi connectivity index (χ2n) is 4.14. The van der Waals surface area contributed by atoms with Crippen LogP contribution in [0.1, 0.15) is 18.3 Å². The minimum Gasteiger partial charge on any atom is -0.340 e. The predicted molar refractivity (Wildman–Crippen MR) is 81.4 cm³/mol. The molecule has 1 heterocycles. The second kappa shape index (κ2) is 5.99. The summed E-state index contributed by atoms with van der Waals surface area (Å²) in [6.07, 6.45) is 0.752. The number of aryl methyl sites for hydroxylation is 2. The van der Waals surface area contributed by atoms with E-state index in [2.05, 4.69) is 36.6 Å². The number of nitrogens with zero attached hydrogens (tertiary/aromatic N) is 2. The molecular formula is C13H16BrN5. The summed E-state index contributed by atoms with van der Waals surface area (Å²) in [4.78, 5) is 8.66. The van der Waals surface area contributed by atoms with E-state index < -0.39 is 0 Å². The first kappa shape index (κ1) is 13.8. The number of nitrogens with one attached hydrogen (secondary N) is 2. The van der Waals surface area contributed by atoms with Gasteiger partial charge in [-0.1, -0.05) is 28.9 Å². The van der Waals surface area contributed by atoms with Crippen molar-refractivity contribution in [2.45, 2.75) is 20.3 Å². The monoisotopic (exact) mass is 321 g/mol. The van der Waals surface area contributed by atoms with E-state index in [0.29, 0.717) is 5.82 Å². The van der Waals surface area contributed by atoms with Crippen LogP contribution in [0.5, 0.6) is 0 Å². The van der Waals surface area contributed by atoms with Crippen molar-refractivity contribution >= 4 is 33.3 Å². The quantitative estimate of drug-likeness (QED) is 0.595. The van der Waals surface area contributed by atoms with Gasteiger partial charge in [-0.25, -0.2) is 15.8 Å². The van der Waals surface area contributed by atoms with Gasteiger partial charge in [0.15, 0.2) is 0 Å². The molecule has 0 bridgehead atoms. The molecule has 0 aliphatic rings. The van der Waals surface area contributed by atoms with Gasteiger partial charge in [-0.2, -0.15) is 0 Å². The predicted octanol–water partition coefficient (Wildman–Crippen LogP) is 3.14. The van der Waals surface area contributed by atoms with Crippen molar-refractivity contribution in [1.29, 1.82) is 0 Å². The van der Waals surface area contributed by atoms with Gasteiger partial charge < -0.3 is 10.7 Å². The summed E-state index contributed by atoms with van der Waals surface area (Å²) in [5.74, 6) is 7.46. The van der Waals surface area contributed by atoms with Crippen LogP contribution in [-0.4, -0.2) is 9.97 Å². The highest BCUT2D eigenvalue weighted by molar-refractivity contribution is 9.10. The van der Waals surface area contributed by atoms with Gasteiger partial charge in [-0.3, -0.25) is 0 Å². The lowest BCUT2D eigenvalue weighted by Gasteiger charge is -2.10. The van der Waals surface area contributed by atoms with E-state index in [0.717, 1.165) is 28.2 Å². The number of rotatable bonds is 4. The third-order valence-electron chi connectivity index (χ3n) is 2.68. The van der Waals surface area contributed by atoms with Crippen LogP contribution in [0, 0.1) is 6.92 Å². The molecule has 0 aliphatic heterocycles.